The summed E-state index contributed by atoms with van der Waals surface area (Å²) in [5.74, 6) is 1.54. The molecule has 0 radical (unpaired) electrons. The van der Waals surface area contributed by atoms with Gasteiger partial charge in [-0.2, -0.15) is 4.98 Å². The lowest BCUT2D eigenvalue weighted by molar-refractivity contribution is 0.0657. The Balaban J connectivity index is 2.14. The zero-order chi connectivity index (χ0) is 12.3. The van der Waals surface area contributed by atoms with E-state index in [1.165, 1.54) is 0 Å². The van der Waals surface area contributed by atoms with Crippen molar-refractivity contribution >= 4 is 11.8 Å². The third-order valence-corrected chi connectivity index (χ3v) is 3.10. The van der Waals surface area contributed by atoms with Crippen LogP contribution in [-0.2, 0) is 4.74 Å². The fourth-order valence-electron chi connectivity index (χ4n) is 2.00. The molecule has 1 aliphatic rings. The van der Waals surface area contributed by atoms with E-state index in [-0.39, 0.29) is 5.54 Å². The Morgan fingerprint density at radius 3 is 2.65 bits per heavy atom. The van der Waals surface area contributed by atoms with Gasteiger partial charge in [-0.1, -0.05) is 0 Å². The standard InChI is InChI=1S/C12H20N4O/c1-9-8-10(15-11(13-3)14-9)16-12(2)4-6-17-7-5-12/h8H,4-7H2,1-3H3,(H2,13,14,15,16). The lowest BCUT2D eigenvalue weighted by Gasteiger charge is -2.35. The molecule has 5 heteroatoms. The number of rotatable bonds is 3. The zero-order valence-corrected chi connectivity index (χ0v) is 10.7. The first-order chi connectivity index (χ1) is 8.11. The Bertz CT molecular complexity index is 388. The largest absolute Gasteiger partial charge is 0.381 e. The topological polar surface area (TPSA) is 59.1 Å². The van der Waals surface area contributed by atoms with Gasteiger partial charge in [-0.25, -0.2) is 4.98 Å². The van der Waals surface area contributed by atoms with Crippen LogP contribution in [0.2, 0.25) is 0 Å². The minimum Gasteiger partial charge on any atom is -0.381 e. The van der Waals surface area contributed by atoms with Gasteiger partial charge >= 0.3 is 0 Å². The maximum Gasteiger partial charge on any atom is 0.224 e. The number of anilines is 2. The Hall–Kier alpha value is -1.36. The number of ether oxygens (including phenoxy) is 1. The van der Waals surface area contributed by atoms with Gasteiger partial charge < -0.3 is 15.4 Å². The number of aryl methyl sites for hydroxylation is 1. The minimum absolute atomic E-state index is 0.0735. The van der Waals surface area contributed by atoms with Crippen LogP contribution in [0, 0.1) is 6.92 Å². The molecule has 0 unspecified atom stereocenters. The van der Waals surface area contributed by atoms with Gasteiger partial charge in [-0.05, 0) is 26.7 Å². The second kappa shape index (κ2) is 4.87. The molecule has 2 heterocycles. The predicted octanol–water partition coefficient (Wildman–Crippen LogP) is 1.81. The van der Waals surface area contributed by atoms with E-state index in [1.807, 2.05) is 20.0 Å². The van der Waals surface area contributed by atoms with Crippen LogP contribution in [0.25, 0.3) is 0 Å². The predicted molar refractivity (Wildman–Crippen MR) is 68.4 cm³/mol. The van der Waals surface area contributed by atoms with Crippen molar-refractivity contribution in [3.63, 3.8) is 0 Å². The summed E-state index contributed by atoms with van der Waals surface area (Å²) in [7, 11) is 1.83. The van der Waals surface area contributed by atoms with Gasteiger partial charge in [0.2, 0.25) is 5.95 Å². The van der Waals surface area contributed by atoms with E-state index in [4.69, 9.17) is 4.74 Å². The van der Waals surface area contributed by atoms with Crippen molar-refractivity contribution in [3.8, 4) is 0 Å². The molecule has 0 saturated carbocycles. The molecule has 0 amide bonds. The molecule has 94 valence electrons. The highest BCUT2D eigenvalue weighted by atomic mass is 16.5. The summed E-state index contributed by atoms with van der Waals surface area (Å²) in [5, 5.41) is 6.47. The maximum absolute atomic E-state index is 5.39. The van der Waals surface area contributed by atoms with Gasteiger partial charge in [0.15, 0.2) is 0 Å². The molecular formula is C12H20N4O. The first-order valence-electron chi connectivity index (χ1n) is 6.01. The number of hydrogen-bond donors (Lipinski definition) is 2. The Labute approximate surface area is 102 Å². The molecule has 2 rings (SSSR count). The van der Waals surface area contributed by atoms with Gasteiger partial charge in [0.05, 0.1) is 0 Å². The second-order valence-electron chi connectivity index (χ2n) is 4.77. The van der Waals surface area contributed by atoms with E-state index < -0.39 is 0 Å². The summed E-state index contributed by atoms with van der Waals surface area (Å²) >= 11 is 0. The number of aromatic nitrogens is 2. The average molecular weight is 236 g/mol. The Morgan fingerprint density at radius 1 is 1.29 bits per heavy atom. The fraction of sp³-hybridized carbons (Fsp3) is 0.667. The maximum atomic E-state index is 5.39. The van der Waals surface area contributed by atoms with Gasteiger partial charge in [0.1, 0.15) is 5.82 Å². The lowest BCUT2D eigenvalue weighted by Crippen LogP contribution is -2.40. The zero-order valence-electron chi connectivity index (χ0n) is 10.7. The summed E-state index contributed by atoms with van der Waals surface area (Å²) < 4.78 is 5.39. The van der Waals surface area contributed by atoms with E-state index in [1.54, 1.807) is 0 Å². The van der Waals surface area contributed by atoms with Crippen LogP contribution in [0.3, 0.4) is 0 Å². The molecule has 0 aromatic carbocycles. The summed E-state index contributed by atoms with van der Waals surface area (Å²) in [6.45, 7) is 5.81. The van der Waals surface area contributed by atoms with E-state index in [2.05, 4.69) is 27.5 Å². The molecule has 1 saturated heterocycles. The summed E-state index contributed by atoms with van der Waals surface area (Å²) in [5.41, 5.74) is 1.03. The van der Waals surface area contributed by atoms with Gasteiger partial charge in [-0.15, -0.1) is 0 Å². The molecule has 1 aromatic heterocycles. The van der Waals surface area contributed by atoms with Crippen molar-refractivity contribution in [1.82, 2.24) is 9.97 Å². The Kier molecular flexibility index (Phi) is 3.47. The molecule has 0 spiro atoms. The number of nitrogens with one attached hydrogen (secondary N) is 2. The highest BCUT2D eigenvalue weighted by Gasteiger charge is 2.27. The first-order valence-corrected chi connectivity index (χ1v) is 6.01. The minimum atomic E-state index is 0.0735. The van der Waals surface area contributed by atoms with E-state index >= 15 is 0 Å². The molecule has 0 aliphatic carbocycles. The third kappa shape index (κ3) is 3.06. The quantitative estimate of drug-likeness (QED) is 0.838. The van der Waals surface area contributed by atoms with Crippen LogP contribution < -0.4 is 10.6 Å². The van der Waals surface area contributed by atoms with Gasteiger partial charge in [0, 0.05) is 37.6 Å². The third-order valence-electron chi connectivity index (χ3n) is 3.10. The summed E-state index contributed by atoms with van der Waals surface area (Å²) in [6.07, 6.45) is 2.01. The lowest BCUT2D eigenvalue weighted by atomic mass is 9.92. The molecule has 1 aromatic rings. The van der Waals surface area contributed by atoms with Crippen LogP contribution in [-0.4, -0.2) is 35.8 Å². The SMILES string of the molecule is CNc1nc(C)cc(NC2(C)CCOCC2)n1. The molecule has 2 N–H and O–H groups in total. The fourth-order valence-corrected chi connectivity index (χ4v) is 2.00. The highest BCUT2D eigenvalue weighted by Crippen LogP contribution is 2.25. The molecular weight excluding hydrogens is 216 g/mol. The van der Waals surface area contributed by atoms with E-state index in [0.29, 0.717) is 5.95 Å². The normalized spacial score (nSPS) is 18.8. The number of nitrogens with zero attached hydrogens (tertiary/aromatic N) is 2. The number of hydrogen-bond acceptors (Lipinski definition) is 5. The van der Waals surface area contributed by atoms with Crippen LogP contribution in [0.5, 0.6) is 0 Å². The highest BCUT2D eigenvalue weighted by molar-refractivity contribution is 5.43. The van der Waals surface area contributed by atoms with E-state index in [0.717, 1.165) is 37.6 Å². The van der Waals surface area contributed by atoms with Crippen molar-refractivity contribution in [2.45, 2.75) is 32.2 Å². The van der Waals surface area contributed by atoms with E-state index in [9.17, 15) is 0 Å². The molecule has 1 fully saturated rings. The molecule has 17 heavy (non-hydrogen) atoms. The average Bonchev–Trinajstić information content (AvgIpc) is 2.28. The van der Waals surface area contributed by atoms with Crippen molar-refractivity contribution in [1.29, 1.82) is 0 Å². The molecule has 0 atom stereocenters. The van der Waals surface area contributed by atoms with Crippen LogP contribution in [0.1, 0.15) is 25.5 Å². The summed E-state index contributed by atoms with van der Waals surface area (Å²) in [6, 6.07) is 1.97. The summed E-state index contributed by atoms with van der Waals surface area (Å²) in [4.78, 5) is 8.70. The van der Waals surface area contributed by atoms with Crippen LogP contribution in [0.4, 0.5) is 11.8 Å². The van der Waals surface area contributed by atoms with Crippen LogP contribution in [0.15, 0.2) is 6.07 Å². The van der Waals surface area contributed by atoms with Gasteiger partial charge in [0.25, 0.3) is 0 Å². The monoisotopic (exact) mass is 236 g/mol. The van der Waals surface area contributed by atoms with Crippen LogP contribution >= 0.6 is 0 Å². The van der Waals surface area contributed by atoms with Gasteiger partial charge in [-0.3, -0.25) is 0 Å². The molecule has 5 nitrogen and oxygen atoms in total. The molecule has 1 aliphatic heterocycles. The first kappa shape index (κ1) is 12.1. The molecule has 0 bridgehead atoms. The second-order valence-corrected chi connectivity index (χ2v) is 4.77. The van der Waals surface area contributed by atoms with Crippen molar-refractivity contribution < 1.29 is 4.74 Å². The van der Waals surface area contributed by atoms with Crippen molar-refractivity contribution in [3.05, 3.63) is 11.8 Å². The smallest absolute Gasteiger partial charge is 0.224 e. The Morgan fingerprint density at radius 2 is 2.00 bits per heavy atom. The van der Waals surface area contributed by atoms with Crippen molar-refractivity contribution in [2.75, 3.05) is 30.9 Å². The van der Waals surface area contributed by atoms with Crippen molar-refractivity contribution in [2.24, 2.45) is 0 Å².